The van der Waals surface area contributed by atoms with Crippen molar-refractivity contribution in [2.45, 2.75) is 31.5 Å². The van der Waals surface area contributed by atoms with Crippen molar-refractivity contribution in [3.8, 4) is 5.75 Å². The maximum Gasteiger partial charge on any atom is 0.173 e. The fourth-order valence-corrected chi connectivity index (χ4v) is 4.71. The first-order chi connectivity index (χ1) is 15.8. The molecule has 2 aliphatic heterocycles. The van der Waals surface area contributed by atoms with E-state index >= 15 is 0 Å². The minimum absolute atomic E-state index is 0.0191. The number of tetrazole rings is 1. The SMILES string of the molecule is COc1ccc(N2CCN([C@H](c3ccccc3)c3nnnn3C[C@@H]3CCCO3)CC2)cc1. The number of benzene rings is 2. The molecule has 2 aromatic carbocycles. The van der Waals surface area contributed by atoms with Crippen LogP contribution in [-0.4, -0.2) is 71.1 Å². The molecule has 0 radical (unpaired) electrons. The first-order valence-electron chi connectivity index (χ1n) is 11.4. The van der Waals surface area contributed by atoms with Crippen LogP contribution in [0.25, 0.3) is 0 Å². The molecule has 0 spiro atoms. The molecule has 3 heterocycles. The number of anilines is 1. The van der Waals surface area contributed by atoms with Gasteiger partial charge in [0.15, 0.2) is 5.82 Å². The van der Waals surface area contributed by atoms with Crippen LogP contribution < -0.4 is 9.64 Å². The Morgan fingerprint density at radius 1 is 1.03 bits per heavy atom. The third kappa shape index (κ3) is 4.47. The van der Waals surface area contributed by atoms with E-state index in [0.717, 1.165) is 57.2 Å². The molecule has 0 saturated carbocycles. The van der Waals surface area contributed by atoms with Crippen LogP contribution in [0.15, 0.2) is 54.6 Å². The Morgan fingerprint density at radius 2 is 1.81 bits per heavy atom. The first-order valence-corrected chi connectivity index (χ1v) is 11.4. The third-order valence-electron chi connectivity index (χ3n) is 6.44. The molecule has 3 aromatic rings. The summed E-state index contributed by atoms with van der Waals surface area (Å²) in [5.74, 6) is 1.78. The molecule has 2 atom stereocenters. The van der Waals surface area contributed by atoms with E-state index in [4.69, 9.17) is 9.47 Å². The summed E-state index contributed by atoms with van der Waals surface area (Å²) in [6.07, 6.45) is 2.37. The molecule has 8 heteroatoms. The minimum Gasteiger partial charge on any atom is -0.497 e. The van der Waals surface area contributed by atoms with E-state index in [9.17, 15) is 0 Å². The van der Waals surface area contributed by atoms with Crippen molar-refractivity contribution in [3.05, 3.63) is 66.0 Å². The van der Waals surface area contributed by atoms with Crippen LogP contribution in [0.3, 0.4) is 0 Å². The van der Waals surface area contributed by atoms with Crippen LogP contribution in [0.4, 0.5) is 5.69 Å². The fourth-order valence-electron chi connectivity index (χ4n) is 4.71. The lowest BCUT2D eigenvalue weighted by Crippen LogP contribution is -2.48. The van der Waals surface area contributed by atoms with Gasteiger partial charge >= 0.3 is 0 Å². The predicted octanol–water partition coefficient (Wildman–Crippen LogP) is 2.77. The average molecular weight is 435 g/mol. The molecule has 2 aliphatic rings. The zero-order valence-corrected chi connectivity index (χ0v) is 18.5. The standard InChI is InChI=1S/C24H30N6O2/c1-31-21-11-9-20(10-12-21)28-13-15-29(16-14-28)23(19-6-3-2-4-7-19)24-25-26-27-30(24)18-22-8-5-17-32-22/h2-4,6-7,9-12,22-23H,5,8,13-18H2,1H3/t22-,23+/m0/s1. The lowest BCUT2D eigenvalue weighted by molar-refractivity contribution is 0.0906. The quantitative estimate of drug-likeness (QED) is 0.566. The Labute approximate surface area is 188 Å². The molecule has 0 unspecified atom stereocenters. The van der Waals surface area contributed by atoms with Gasteiger partial charge in [0.25, 0.3) is 0 Å². The lowest BCUT2D eigenvalue weighted by atomic mass is 10.0. The smallest absolute Gasteiger partial charge is 0.173 e. The average Bonchev–Trinajstić information content (AvgIpc) is 3.54. The van der Waals surface area contributed by atoms with E-state index in [2.05, 4.69) is 67.8 Å². The highest BCUT2D eigenvalue weighted by Crippen LogP contribution is 2.30. The highest BCUT2D eigenvalue weighted by atomic mass is 16.5. The number of rotatable bonds is 7. The second-order valence-corrected chi connectivity index (χ2v) is 8.39. The summed E-state index contributed by atoms with van der Waals surface area (Å²) in [6, 6.07) is 18.9. The van der Waals surface area contributed by atoms with Crippen LogP contribution in [0.1, 0.15) is 30.3 Å². The van der Waals surface area contributed by atoms with Crippen molar-refractivity contribution in [1.29, 1.82) is 0 Å². The second-order valence-electron chi connectivity index (χ2n) is 8.39. The number of piperazine rings is 1. The van der Waals surface area contributed by atoms with Crippen LogP contribution in [0.5, 0.6) is 5.75 Å². The Kier molecular flexibility index (Phi) is 6.31. The summed E-state index contributed by atoms with van der Waals surface area (Å²) in [5.41, 5.74) is 2.44. The van der Waals surface area contributed by atoms with Gasteiger partial charge in [0.1, 0.15) is 5.75 Å². The Bertz CT molecular complexity index is 979. The maximum absolute atomic E-state index is 5.85. The summed E-state index contributed by atoms with van der Waals surface area (Å²) in [6.45, 7) is 5.29. The molecule has 2 fully saturated rings. The molecule has 5 rings (SSSR count). The fraction of sp³-hybridized carbons (Fsp3) is 0.458. The van der Waals surface area contributed by atoms with Gasteiger partial charge in [-0.3, -0.25) is 4.90 Å². The van der Waals surface area contributed by atoms with Gasteiger partial charge in [-0.15, -0.1) is 5.10 Å². The van der Waals surface area contributed by atoms with Crippen molar-refractivity contribution in [3.63, 3.8) is 0 Å². The topological polar surface area (TPSA) is 68.5 Å². The monoisotopic (exact) mass is 434 g/mol. The maximum atomic E-state index is 5.85. The molecule has 8 nitrogen and oxygen atoms in total. The molecule has 32 heavy (non-hydrogen) atoms. The van der Waals surface area contributed by atoms with Crippen molar-refractivity contribution < 1.29 is 9.47 Å². The summed E-state index contributed by atoms with van der Waals surface area (Å²) in [7, 11) is 1.70. The molecule has 0 N–H and O–H groups in total. The summed E-state index contributed by atoms with van der Waals surface area (Å²) < 4.78 is 13.1. The molecule has 0 amide bonds. The van der Waals surface area contributed by atoms with Gasteiger partial charge in [0.05, 0.1) is 25.8 Å². The second kappa shape index (κ2) is 9.67. The minimum atomic E-state index is 0.0191. The van der Waals surface area contributed by atoms with Crippen molar-refractivity contribution in [2.24, 2.45) is 0 Å². The van der Waals surface area contributed by atoms with Gasteiger partial charge in [0, 0.05) is 38.5 Å². The predicted molar refractivity (Wildman–Crippen MR) is 122 cm³/mol. The largest absolute Gasteiger partial charge is 0.497 e. The zero-order chi connectivity index (χ0) is 21.8. The molecule has 2 saturated heterocycles. The normalized spacial score (nSPS) is 20.4. The van der Waals surface area contributed by atoms with Gasteiger partial charge < -0.3 is 14.4 Å². The summed E-state index contributed by atoms with van der Waals surface area (Å²) in [4.78, 5) is 4.92. The van der Waals surface area contributed by atoms with Crippen molar-refractivity contribution in [2.75, 3.05) is 44.8 Å². The summed E-state index contributed by atoms with van der Waals surface area (Å²) in [5, 5.41) is 12.9. The molecular weight excluding hydrogens is 404 g/mol. The zero-order valence-electron chi connectivity index (χ0n) is 18.5. The molecular formula is C24H30N6O2. The number of hydrogen-bond acceptors (Lipinski definition) is 7. The van der Waals surface area contributed by atoms with Gasteiger partial charge in [-0.05, 0) is 53.1 Å². The van der Waals surface area contributed by atoms with Gasteiger partial charge in [-0.2, -0.15) is 0 Å². The number of nitrogens with zero attached hydrogens (tertiary/aromatic N) is 6. The van der Waals surface area contributed by atoms with Gasteiger partial charge in [0.2, 0.25) is 0 Å². The highest BCUT2D eigenvalue weighted by molar-refractivity contribution is 5.49. The highest BCUT2D eigenvalue weighted by Gasteiger charge is 2.31. The number of aromatic nitrogens is 4. The number of ether oxygens (including phenoxy) is 2. The lowest BCUT2D eigenvalue weighted by Gasteiger charge is -2.40. The van der Waals surface area contributed by atoms with E-state index in [-0.39, 0.29) is 12.1 Å². The van der Waals surface area contributed by atoms with Crippen LogP contribution in [0.2, 0.25) is 0 Å². The van der Waals surface area contributed by atoms with E-state index in [1.165, 1.54) is 11.3 Å². The molecule has 1 aromatic heterocycles. The third-order valence-corrected chi connectivity index (χ3v) is 6.44. The van der Waals surface area contributed by atoms with E-state index in [1.807, 2.05) is 16.8 Å². The molecule has 0 bridgehead atoms. The first kappa shape index (κ1) is 20.9. The van der Waals surface area contributed by atoms with Crippen LogP contribution in [0, 0.1) is 0 Å². The Morgan fingerprint density at radius 3 is 2.50 bits per heavy atom. The van der Waals surface area contributed by atoms with Crippen molar-refractivity contribution in [1.82, 2.24) is 25.1 Å². The number of hydrogen-bond donors (Lipinski definition) is 0. The van der Waals surface area contributed by atoms with Gasteiger partial charge in [-0.25, -0.2) is 4.68 Å². The molecule has 168 valence electrons. The Balaban J connectivity index is 1.35. The summed E-state index contributed by atoms with van der Waals surface area (Å²) >= 11 is 0. The van der Waals surface area contributed by atoms with E-state index < -0.39 is 0 Å². The van der Waals surface area contributed by atoms with Gasteiger partial charge in [-0.1, -0.05) is 30.3 Å². The molecule has 0 aliphatic carbocycles. The number of methoxy groups -OCH3 is 1. The van der Waals surface area contributed by atoms with E-state index in [0.29, 0.717) is 6.54 Å². The van der Waals surface area contributed by atoms with Crippen LogP contribution in [-0.2, 0) is 11.3 Å². The Hall–Kier alpha value is -2.97. The van der Waals surface area contributed by atoms with Crippen LogP contribution >= 0.6 is 0 Å². The van der Waals surface area contributed by atoms with E-state index in [1.54, 1.807) is 7.11 Å². The van der Waals surface area contributed by atoms with Crippen molar-refractivity contribution >= 4 is 5.69 Å².